The number of aromatic nitrogens is 2. The van der Waals surface area contributed by atoms with E-state index in [-0.39, 0.29) is 5.91 Å². The fourth-order valence-electron chi connectivity index (χ4n) is 1.63. The first-order valence-corrected chi connectivity index (χ1v) is 5.35. The van der Waals surface area contributed by atoms with Crippen molar-refractivity contribution in [2.45, 2.75) is 26.3 Å². The van der Waals surface area contributed by atoms with Gasteiger partial charge in [0.05, 0.1) is 0 Å². The summed E-state index contributed by atoms with van der Waals surface area (Å²) in [5.41, 5.74) is -0.864. The Bertz CT molecular complexity index is 437. The van der Waals surface area contributed by atoms with Gasteiger partial charge in [0.1, 0.15) is 11.2 Å². The number of likely N-dealkylation sites (N-methyl/N-ethyl adjacent to an activating group) is 1. The molecule has 0 unspecified atom stereocenters. The van der Waals surface area contributed by atoms with Crippen LogP contribution in [0.2, 0.25) is 0 Å². The number of amides is 1. The molecule has 1 amide bonds. The van der Waals surface area contributed by atoms with E-state index in [2.05, 4.69) is 5.10 Å². The SMILES string of the molecule is CCN(C(=O)c1ccnn1C)C(C)(C)C(=O)O. The first kappa shape index (κ1) is 13.2. The molecular formula is C11H17N3O3. The number of carboxylic acid groups (broad SMARTS) is 1. The van der Waals surface area contributed by atoms with Crippen LogP contribution in [0.3, 0.4) is 0 Å². The maximum absolute atomic E-state index is 12.2. The number of carbonyl (C=O) groups is 2. The van der Waals surface area contributed by atoms with Crippen molar-refractivity contribution in [2.75, 3.05) is 6.54 Å². The average molecular weight is 239 g/mol. The molecule has 0 radical (unpaired) electrons. The maximum Gasteiger partial charge on any atom is 0.329 e. The summed E-state index contributed by atoms with van der Waals surface area (Å²) in [6.07, 6.45) is 1.51. The van der Waals surface area contributed by atoms with Crippen molar-refractivity contribution in [3.63, 3.8) is 0 Å². The van der Waals surface area contributed by atoms with Crippen LogP contribution in [0.4, 0.5) is 0 Å². The number of aliphatic carboxylic acids is 1. The fourth-order valence-corrected chi connectivity index (χ4v) is 1.63. The fraction of sp³-hybridized carbons (Fsp3) is 0.545. The molecule has 0 aliphatic carbocycles. The molecule has 0 spiro atoms. The summed E-state index contributed by atoms with van der Waals surface area (Å²) in [6.45, 7) is 5.09. The highest BCUT2D eigenvalue weighted by atomic mass is 16.4. The van der Waals surface area contributed by atoms with Crippen molar-refractivity contribution in [3.8, 4) is 0 Å². The molecule has 0 aliphatic heterocycles. The van der Waals surface area contributed by atoms with Crippen molar-refractivity contribution in [2.24, 2.45) is 7.05 Å². The largest absolute Gasteiger partial charge is 0.480 e. The minimum atomic E-state index is -1.24. The van der Waals surface area contributed by atoms with E-state index >= 15 is 0 Å². The quantitative estimate of drug-likeness (QED) is 0.841. The predicted molar refractivity (Wildman–Crippen MR) is 61.6 cm³/mol. The lowest BCUT2D eigenvalue weighted by Gasteiger charge is -2.34. The zero-order chi connectivity index (χ0) is 13.2. The van der Waals surface area contributed by atoms with Crippen LogP contribution in [-0.4, -0.2) is 43.7 Å². The number of carboxylic acids is 1. The van der Waals surface area contributed by atoms with Crippen LogP contribution in [-0.2, 0) is 11.8 Å². The molecule has 0 fully saturated rings. The van der Waals surface area contributed by atoms with Crippen LogP contribution in [0.5, 0.6) is 0 Å². The second kappa shape index (κ2) is 4.57. The van der Waals surface area contributed by atoms with Crippen LogP contribution in [0.25, 0.3) is 0 Å². The molecule has 0 saturated carbocycles. The smallest absolute Gasteiger partial charge is 0.329 e. The Balaban J connectivity index is 3.09. The summed E-state index contributed by atoms with van der Waals surface area (Å²) in [6, 6.07) is 1.57. The monoisotopic (exact) mass is 239 g/mol. The Labute approximate surface area is 99.8 Å². The van der Waals surface area contributed by atoms with Gasteiger partial charge < -0.3 is 10.0 Å². The summed E-state index contributed by atoms with van der Waals surface area (Å²) in [4.78, 5) is 24.7. The molecule has 1 heterocycles. The van der Waals surface area contributed by atoms with E-state index in [0.29, 0.717) is 12.2 Å². The van der Waals surface area contributed by atoms with Gasteiger partial charge in [0, 0.05) is 19.8 Å². The molecule has 1 rings (SSSR count). The minimum absolute atomic E-state index is 0.323. The highest BCUT2D eigenvalue weighted by Crippen LogP contribution is 2.17. The third-order valence-electron chi connectivity index (χ3n) is 2.80. The molecule has 6 heteroatoms. The third kappa shape index (κ3) is 2.30. The van der Waals surface area contributed by atoms with Gasteiger partial charge in [-0.15, -0.1) is 0 Å². The Morgan fingerprint density at radius 2 is 2.12 bits per heavy atom. The van der Waals surface area contributed by atoms with Crippen molar-refractivity contribution in [1.82, 2.24) is 14.7 Å². The van der Waals surface area contributed by atoms with Gasteiger partial charge in [-0.25, -0.2) is 4.79 Å². The summed E-state index contributed by atoms with van der Waals surface area (Å²) in [5.74, 6) is -1.37. The number of hydrogen-bond donors (Lipinski definition) is 1. The molecule has 1 aromatic rings. The van der Waals surface area contributed by atoms with Gasteiger partial charge in [-0.1, -0.05) is 0 Å². The predicted octanol–water partition coefficient (Wildman–Crippen LogP) is 0.745. The van der Waals surface area contributed by atoms with Crippen molar-refractivity contribution in [3.05, 3.63) is 18.0 Å². The second-order valence-corrected chi connectivity index (χ2v) is 4.25. The molecule has 94 valence electrons. The number of carbonyl (C=O) groups excluding carboxylic acids is 1. The molecule has 1 N–H and O–H groups in total. The zero-order valence-corrected chi connectivity index (χ0v) is 10.5. The number of hydrogen-bond acceptors (Lipinski definition) is 3. The van der Waals surface area contributed by atoms with Gasteiger partial charge in [-0.3, -0.25) is 9.48 Å². The summed E-state index contributed by atoms with van der Waals surface area (Å²) in [5, 5.41) is 13.0. The van der Waals surface area contributed by atoms with Crippen molar-refractivity contribution >= 4 is 11.9 Å². The lowest BCUT2D eigenvalue weighted by Crippen LogP contribution is -2.53. The molecule has 6 nitrogen and oxygen atoms in total. The van der Waals surface area contributed by atoms with Crippen molar-refractivity contribution < 1.29 is 14.7 Å². The first-order valence-electron chi connectivity index (χ1n) is 5.35. The average Bonchev–Trinajstić information content (AvgIpc) is 2.64. The van der Waals surface area contributed by atoms with Gasteiger partial charge in [0.25, 0.3) is 5.91 Å². The molecule has 0 saturated heterocycles. The third-order valence-corrected chi connectivity index (χ3v) is 2.80. The highest BCUT2D eigenvalue weighted by Gasteiger charge is 2.37. The van der Waals surface area contributed by atoms with E-state index in [1.54, 1.807) is 20.0 Å². The molecule has 0 bridgehead atoms. The van der Waals surface area contributed by atoms with Gasteiger partial charge in [-0.05, 0) is 26.8 Å². The van der Waals surface area contributed by atoms with Crippen LogP contribution >= 0.6 is 0 Å². The van der Waals surface area contributed by atoms with Gasteiger partial charge in [-0.2, -0.15) is 5.10 Å². The summed E-state index contributed by atoms with van der Waals surface area (Å²) < 4.78 is 1.43. The zero-order valence-electron chi connectivity index (χ0n) is 10.5. The molecule has 0 aromatic carbocycles. The van der Waals surface area contributed by atoms with E-state index in [9.17, 15) is 9.59 Å². The summed E-state index contributed by atoms with van der Waals surface area (Å²) in [7, 11) is 1.65. The number of nitrogens with zero attached hydrogens (tertiary/aromatic N) is 3. The van der Waals surface area contributed by atoms with E-state index < -0.39 is 11.5 Å². The Morgan fingerprint density at radius 1 is 1.53 bits per heavy atom. The molecule has 17 heavy (non-hydrogen) atoms. The molecule has 1 aromatic heterocycles. The van der Waals surface area contributed by atoms with E-state index in [4.69, 9.17) is 5.11 Å². The number of aryl methyl sites for hydroxylation is 1. The molecular weight excluding hydrogens is 222 g/mol. The normalized spacial score (nSPS) is 11.3. The minimum Gasteiger partial charge on any atom is -0.480 e. The first-order chi connectivity index (χ1) is 7.82. The second-order valence-electron chi connectivity index (χ2n) is 4.25. The summed E-state index contributed by atoms with van der Waals surface area (Å²) >= 11 is 0. The molecule has 0 atom stereocenters. The van der Waals surface area contributed by atoms with Gasteiger partial charge in [0.2, 0.25) is 0 Å². The Hall–Kier alpha value is -1.85. The highest BCUT2D eigenvalue weighted by molar-refractivity contribution is 5.96. The van der Waals surface area contributed by atoms with Crippen LogP contribution < -0.4 is 0 Å². The van der Waals surface area contributed by atoms with E-state index in [0.717, 1.165) is 0 Å². The lowest BCUT2D eigenvalue weighted by atomic mass is 10.0. The topological polar surface area (TPSA) is 75.4 Å². The van der Waals surface area contributed by atoms with E-state index in [1.165, 1.54) is 29.6 Å². The standard InChI is InChI=1S/C11H17N3O3/c1-5-14(11(2,3)10(16)17)9(15)8-6-7-12-13(8)4/h6-7H,5H2,1-4H3,(H,16,17). The lowest BCUT2D eigenvalue weighted by molar-refractivity contribution is -0.147. The van der Waals surface area contributed by atoms with Gasteiger partial charge in [0.15, 0.2) is 0 Å². The van der Waals surface area contributed by atoms with Crippen LogP contribution in [0, 0.1) is 0 Å². The van der Waals surface area contributed by atoms with Crippen LogP contribution in [0.15, 0.2) is 12.3 Å². The van der Waals surface area contributed by atoms with E-state index in [1.807, 2.05) is 0 Å². The molecule has 0 aliphatic rings. The number of rotatable bonds is 4. The van der Waals surface area contributed by atoms with Crippen molar-refractivity contribution in [1.29, 1.82) is 0 Å². The Kier molecular flexibility index (Phi) is 3.55. The maximum atomic E-state index is 12.2. The Morgan fingerprint density at radius 3 is 2.47 bits per heavy atom. The van der Waals surface area contributed by atoms with Crippen LogP contribution in [0.1, 0.15) is 31.3 Å². The van der Waals surface area contributed by atoms with Gasteiger partial charge >= 0.3 is 5.97 Å².